The number of nitrogens with one attached hydrogen (secondary N) is 2. The van der Waals surface area contributed by atoms with E-state index < -0.39 is 12.2 Å². The largest absolute Gasteiger partial charge is 0.506 e. The zero-order valence-corrected chi connectivity index (χ0v) is 20.9. The van der Waals surface area contributed by atoms with Crippen molar-refractivity contribution in [2.24, 2.45) is 0 Å². The van der Waals surface area contributed by atoms with E-state index in [9.17, 15) is 14.7 Å². The lowest BCUT2D eigenvalue weighted by atomic mass is 10.0. The number of alkyl carbamates (subject to hydrolysis) is 1. The Balaban J connectivity index is 1.45. The second-order valence-corrected chi connectivity index (χ2v) is 8.77. The summed E-state index contributed by atoms with van der Waals surface area (Å²) in [4.78, 5) is 29.7. The molecular formula is C29H26ClN3O4. The van der Waals surface area contributed by atoms with Crippen molar-refractivity contribution >= 4 is 29.3 Å². The number of ether oxygens (including phenoxy) is 1. The van der Waals surface area contributed by atoms with Crippen LogP contribution in [-0.4, -0.2) is 22.1 Å². The number of hydrogen-bond acceptors (Lipinski definition) is 5. The number of para-hydroxylation sites is 2. The average molecular weight is 516 g/mol. The van der Waals surface area contributed by atoms with E-state index in [0.29, 0.717) is 28.3 Å². The molecule has 2 atom stereocenters. The lowest BCUT2D eigenvalue weighted by molar-refractivity contribution is 0.102. The van der Waals surface area contributed by atoms with Crippen LogP contribution in [0.2, 0.25) is 5.02 Å². The highest BCUT2D eigenvalue weighted by atomic mass is 35.5. The molecule has 0 saturated heterocycles. The zero-order chi connectivity index (χ0) is 26.2. The minimum atomic E-state index is -0.689. The number of aromatic hydroxyl groups is 1. The molecule has 3 N–H and O–H groups in total. The molecule has 0 saturated carbocycles. The van der Waals surface area contributed by atoms with Gasteiger partial charge in [0.1, 0.15) is 5.75 Å². The maximum Gasteiger partial charge on any atom is 0.408 e. The summed E-state index contributed by atoms with van der Waals surface area (Å²) in [6.45, 7) is 1.94. The molecule has 2 amide bonds. The summed E-state index contributed by atoms with van der Waals surface area (Å²) in [5.41, 5.74) is 3.01. The van der Waals surface area contributed by atoms with Gasteiger partial charge in [-0.1, -0.05) is 73.1 Å². The Morgan fingerprint density at radius 3 is 2.30 bits per heavy atom. The third-order valence-corrected chi connectivity index (χ3v) is 5.99. The van der Waals surface area contributed by atoms with Gasteiger partial charge in [-0.15, -0.1) is 0 Å². The standard InChI is InChI=1S/C29H26ClN3O4/c1-2-24(19-12-14-21(15-13-19)28(35)32-25-10-6-7-11-26(25)34)33-29(36)37-27(20-8-4-3-5-9-20)22-16-23(30)18-31-17-22/h3-18,24,27,34H,2H2,1H3,(H,32,35)(H,33,36)/t24-,27-/m0/s1. The van der Waals surface area contributed by atoms with Crippen LogP contribution in [0.4, 0.5) is 10.5 Å². The molecule has 0 spiro atoms. The summed E-state index contributed by atoms with van der Waals surface area (Å²) in [5.74, 6) is -0.363. The Bertz CT molecular complexity index is 1360. The van der Waals surface area contributed by atoms with Crippen LogP contribution in [0.25, 0.3) is 0 Å². The van der Waals surface area contributed by atoms with Crippen molar-refractivity contribution in [1.82, 2.24) is 10.3 Å². The first-order chi connectivity index (χ1) is 17.9. The van der Waals surface area contributed by atoms with Gasteiger partial charge < -0.3 is 20.5 Å². The lowest BCUT2D eigenvalue weighted by Gasteiger charge is -2.22. The van der Waals surface area contributed by atoms with Gasteiger partial charge in [-0.25, -0.2) is 4.79 Å². The number of benzene rings is 3. The van der Waals surface area contributed by atoms with E-state index in [-0.39, 0.29) is 17.7 Å². The SMILES string of the molecule is CC[C@H](NC(=O)O[C@@H](c1ccccc1)c1cncc(Cl)c1)c1ccc(C(=O)Nc2ccccc2O)cc1. The van der Waals surface area contributed by atoms with Gasteiger partial charge in [0.25, 0.3) is 5.91 Å². The van der Waals surface area contributed by atoms with Crippen LogP contribution in [0.15, 0.2) is 97.3 Å². The normalized spacial score (nSPS) is 12.3. The van der Waals surface area contributed by atoms with E-state index in [0.717, 1.165) is 11.1 Å². The van der Waals surface area contributed by atoms with Crippen LogP contribution in [0, 0.1) is 0 Å². The number of aromatic nitrogens is 1. The number of anilines is 1. The average Bonchev–Trinajstić information content (AvgIpc) is 2.92. The van der Waals surface area contributed by atoms with E-state index in [1.165, 1.54) is 12.3 Å². The quantitative estimate of drug-likeness (QED) is 0.228. The fourth-order valence-corrected chi connectivity index (χ4v) is 4.06. The molecule has 4 aromatic rings. The summed E-state index contributed by atoms with van der Waals surface area (Å²) >= 11 is 6.13. The van der Waals surface area contributed by atoms with E-state index in [2.05, 4.69) is 15.6 Å². The number of phenolic OH excluding ortho intramolecular Hbond substituents is 1. The van der Waals surface area contributed by atoms with Gasteiger partial charge >= 0.3 is 6.09 Å². The molecule has 0 unspecified atom stereocenters. The van der Waals surface area contributed by atoms with Gasteiger partial charge in [0.05, 0.1) is 16.8 Å². The molecule has 0 bridgehead atoms. The van der Waals surface area contributed by atoms with Crippen molar-refractivity contribution in [3.8, 4) is 5.75 Å². The van der Waals surface area contributed by atoms with Crippen molar-refractivity contribution in [2.45, 2.75) is 25.5 Å². The predicted octanol–water partition coefficient (Wildman–Crippen LogP) is 6.66. The number of carbonyl (C=O) groups is 2. The second-order valence-electron chi connectivity index (χ2n) is 8.33. The van der Waals surface area contributed by atoms with Crippen LogP contribution in [0.3, 0.4) is 0 Å². The van der Waals surface area contributed by atoms with E-state index in [1.54, 1.807) is 54.7 Å². The number of nitrogens with zero attached hydrogens (tertiary/aromatic N) is 1. The first kappa shape index (κ1) is 25.7. The molecule has 0 fully saturated rings. The summed E-state index contributed by atoms with van der Waals surface area (Å²) in [6.07, 6.45) is 2.46. The topological polar surface area (TPSA) is 101 Å². The number of phenols is 1. The summed E-state index contributed by atoms with van der Waals surface area (Å²) in [6, 6.07) is 24.2. The fourth-order valence-electron chi connectivity index (χ4n) is 3.87. The van der Waals surface area contributed by atoms with E-state index in [1.807, 2.05) is 37.3 Å². The molecule has 1 heterocycles. The van der Waals surface area contributed by atoms with Gasteiger partial charge in [0.15, 0.2) is 6.10 Å². The Kier molecular flexibility index (Phi) is 8.38. The zero-order valence-electron chi connectivity index (χ0n) is 20.1. The monoisotopic (exact) mass is 515 g/mol. The van der Waals surface area contributed by atoms with Gasteiger partial charge in [-0.2, -0.15) is 0 Å². The minimum Gasteiger partial charge on any atom is -0.506 e. The Labute approximate surface area is 220 Å². The number of rotatable bonds is 8. The first-order valence-corrected chi connectivity index (χ1v) is 12.1. The van der Waals surface area contributed by atoms with Crippen molar-refractivity contribution < 1.29 is 19.4 Å². The van der Waals surface area contributed by atoms with Crippen LogP contribution < -0.4 is 10.6 Å². The fraction of sp³-hybridized carbons (Fsp3) is 0.138. The highest BCUT2D eigenvalue weighted by molar-refractivity contribution is 6.30. The Hall–Kier alpha value is -4.36. The molecule has 188 valence electrons. The third-order valence-electron chi connectivity index (χ3n) is 5.78. The lowest BCUT2D eigenvalue weighted by Crippen LogP contribution is -2.30. The summed E-state index contributed by atoms with van der Waals surface area (Å²) < 4.78 is 5.83. The third kappa shape index (κ3) is 6.65. The van der Waals surface area contributed by atoms with E-state index >= 15 is 0 Å². The van der Waals surface area contributed by atoms with Crippen LogP contribution in [0.5, 0.6) is 5.75 Å². The molecule has 37 heavy (non-hydrogen) atoms. The maximum atomic E-state index is 13.0. The van der Waals surface area contributed by atoms with Gasteiger partial charge in [0, 0.05) is 23.5 Å². The molecular weight excluding hydrogens is 490 g/mol. The van der Waals surface area contributed by atoms with Gasteiger partial charge in [-0.05, 0) is 47.9 Å². The van der Waals surface area contributed by atoms with E-state index in [4.69, 9.17) is 16.3 Å². The highest BCUT2D eigenvalue weighted by Gasteiger charge is 2.22. The number of halogens is 1. The van der Waals surface area contributed by atoms with Crippen molar-refractivity contribution in [1.29, 1.82) is 0 Å². The smallest absolute Gasteiger partial charge is 0.408 e. The number of amides is 2. The molecule has 0 aliphatic heterocycles. The van der Waals surface area contributed by atoms with Gasteiger partial charge in [-0.3, -0.25) is 9.78 Å². The number of carbonyl (C=O) groups excluding carboxylic acids is 2. The predicted molar refractivity (Wildman–Crippen MR) is 143 cm³/mol. The Morgan fingerprint density at radius 2 is 1.62 bits per heavy atom. The highest BCUT2D eigenvalue weighted by Crippen LogP contribution is 2.28. The summed E-state index contributed by atoms with van der Waals surface area (Å²) in [7, 11) is 0. The molecule has 0 aliphatic carbocycles. The molecule has 0 radical (unpaired) electrons. The second kappa shape index (κ2) is 12.1. The minimum absolute atomic E-state index is 0.0106. The number of hydrogen-bond donors (Lipinski definition) is 3. The van der Waals surface area contributed by atoms with Crippen molar-refractivity contribution in [3.63, 3.8) is 0 Å². The molecule has 0 aliphatic rings. The molecule has 1 aromatic heterocycles. The number of pyridine rings is 1. The van der Waals surface area contributed by atoms with Crippen molar-refractivity contribution in [3.05, 3.63) is 125 Å². The molecule has 8 heteroatoms. The van der Waals surface area contributed by atoms with Gasteiger partial charge in [0.2, 0.25) is 0 Å². The molecule has 4 rings (SSSR count). The van der Waals surface area contributed by atoms with Crippen LogP contribution in [-0.2, 0) is 4.74 Å². The molecule has 3 aromatic carbocycles. The molecule has 7 nitrogen and oxygen atoms in total. The first-order valence-electron chi connectivity index (χ1n) is 11.8. The van der Waals surface area contributed by atoms with Crippen molar-refractivity contribution in [2.75, 3.05) is 5.32 Å². The summed E-state index contributed by atoms with van der Waals surface area (Å²) in [5, 5.41) is 15.9. The van der Waals surface area contributed by atoms with Crippen LogP contribution >= 0.6 is 11.6 Å². The Morgan fingerprint density at radius 1 is 0.919 bits per heavy atom. The van der Waals surface area contributed by atoms with Crippen LogP contribution in [0.1, 0.15) is 52.5 Å². The maximum absolute atomic E-state index is 13.0.